The summed E-state index contributed by atoms with van der Waals surface area (Å²) in [6.45, 7) is 2.47. The van der Waals surface area contributed by atoms with E-state index in [4.69, 9.17) is 0 Å². The number of alkyl halides is 3. The number of amides is 2. The molecule has 0 unspecified atom stereocenters. The summed E-state index contributed by atoms with van der Waals surface area (Å²) in [6, 6.07) is 4.57. The maximum atomic E-state index is 12.6. The lowest BCUT2D eigenvalue weighted by molar-refractivity contribution is -0.137. The van der Waals surface area contributed by atoms with Crippen LogP contribution in [-0.4, -0.2) is 29.8 Å². The van der Waals surface area contributed by atoms with Gasteiger partial charge in [0.2, 0.25) is 11.8 Å². The number of halogens is 3. The number of anilines is 1. The normalized spacial score (nSPS) is 16.5. The van der Waals surface area contributed by atoms with Crippen LogP contribution in [0.2, 0.25) is 0 Å². The van der Waals surface area contributed by atoms with Crippen molar-refractivity contribution in [2.45, 2.75) is 25.9 Å². The molecule has 4 nitrogen and oxygen atoms in total. The number of nitrogens with zero attached hydrogens (tertiary/aromatic N) is 1. The van der Waals surface area contributed by atoms with Crippen LogP contribution in [0.3, 0.4) is 0 Å². The zero-order valence-electron chi connectivity index (χ0n) is 12.1. The van der Waals surface area contributed by atoms with E-state index < -0.39 is 11.7 Å². The number of rotatable bonds is 2. The molecule has 2 amide bonds. The van der Waals surface area contributed by atoms with E-state index in [1.54, 1.807) is 4.90 Å². The first-order valence-electron chi connectivity index (χ1n) is 7.01. The highest BCUT2D eigenvalue weighted by Gasteiger charge is 2.31. The van der Waals surface area contributed by atoms with E-state index in [1.807, 2.05) is 0 Å². The third-order valence-corrected chi connectivity index (χ3v) is 3.77. The molecule has 0 atom stereocenters. The third kappa shape index (κ3) is 3.99. The predicted molar refractivity (Wildman–Crippen MR) is 75.1 cm³/mol. The molecule has 1 aliphatic rings. The fourth-order valence-corrected chi connectivity index (χ4v) is 2.47. The topological polar surface area (TPSA) is 49.4 Å². The van der Waals surface area contributed by atoms with Gasteiger partial charge in [-0.25, -0.2) is 0 Å². The maximum Gasteiger partial charge on any atom is 0.416 e. The van der Waals surface area contributed by atoms with E-state index in [0.29, 0.717) is 25.9 Å². The SMILES string of the molecule is CC(=O)N1CCC(C(=O)Nc2cccc(C(F)(F)F)c2)CC1. The van der Waals surface area contributed by atoms with Gasteiger partial charge in [0, 0.05) is 31.6 Å². The molecule has 1 heterocycles. The van der Waals surface area contributed by atoms with Gasteiger partial charge in [0.15, 0.2) is 0 Å². The zero-order chi connectivity index (χ0) is 16.3. The van der Waals surface area contributed by atoms with E-state index in [2.05, 4.69) is 5.32 Å². The molecule has 0 aromatic heterocycles. The molecule has 0 bridgehead atoms. The van der Waals surface area contributed by atoms with E-state index >= 15 is 0 Å². The smallest absolute Gasteiger partial charge is 0.343 e. The number of benzene rings is 1. The Morgan fingerprint density at radius 3 is 2.41 bits per heavy atom. The van der Waals surface area contributed by atoms with Crippen molar-refractivity contribution in [2.24, 2.45) is 5.92 Å². The summed E-state index contributed by atoms with van der Waals surface area (Å²) >= 11 is 0. The Morgan fingerprint density at radius 2 is 1.86 bits per heavy atom. The predicted octanol–water partition coefficient (Wildman–Crippen LogP) is 2.90. The number of likely N-dealkylation sites (tertiary alicyclic amines) is 1. The fraction of sp³-hybridized carbons (Fsp3) is 0.467. The van der Waals surface area contributed by atoms with Gasteiger partial charge in [-0.1, -0.05) is 6.07 Å². The lowest BCUT2D eigenvalue weighted by atomic mass is 9.95. The van der Waals surface area contributed by atoms with Crippen LogP contribution >= 0.6 is 0 Å². The summed E-state index contributed by atoms with van der Waals surface area (Å²) in [5.74, 6) is -0.621. The van der Waals surface area contributed by atoms with Crippen molar-refractivity contribution in [1.82, 2.24) is 4.90 Å². The highest BCUT2D eigenvalue weighted by molar-refractivity contribution is 5.92. The second-order valence-corrected chi connectivity index (χ2v) is 5.35. The van der Waals surface area contributed by atoms with Crippen LogP contribution in [0.1, 0.15) is 25.3 Å². The van der Waals surface area contributed by atoms with E-state index in [0.717, 1.165) is 12.1 Å². The van der Waals surface area contributed by atoms with Crippen molar-refractivity contribution in [3.05, 3.63) is 29.8 Å². The highest BCUT2D eigenvalue weighted by atomic mass is 19.4. The van der Waals surface area contributed by atoms with Crippen LogP contribution in [0.15, 0.2) is 24.3 Å². The lowest BCUT2D eigenvalue weighted by Crippen LogP contribution is -2.40. The second-order valence-electron chi connectivity index (χ2n) is 5.35. The van der Waals surface area contributed by atoms with Crippen molar-refractivity contribution in [2.75, 3.05) is 18.4 Å². The van der Waals surface area contributed by atoms with Gasteiger partial charge in [-0.2, -0.15) is 13.2 Å². The minimum absolute atomic E-state index is 0.0308. The highest BCUT2D eigenvalue weighted by Crippen LogP contribution is 2.31. The van der Waals surface area contributed by atoms with Gasteiger partial charge < -0.3 is 10.2 Å². The first-order valence-corrected chi connectivity index (χ1v) is 7.01. The van der Waals surface area contributed by atoms with Crippen LogP contribution in [0.4, 0.5) is 18.9 Å². The molecule has 120 valence electrons. The molecule has 22 heavy (non-hydrogen) atoms. The van der Waals surface area contributed by atoms with Crippen LogP contribution in [0.25, 0.3) is 0 Å². The molecular formula is C15H17F3N2O2. The standard InChI is InChI=1S/C15H17F3N2O2/c1-10(21)20-7-5-11(6-8-20)14(22)19-13-4-2-3-12(9-13)15(16,17)18/h2-4,9,11H,5-8H2,1H3,(H,19,22). The molecule has 1 aromatic carbocycles. The molecule has 7 heteroatoms. The molecule has 1 fully saturated rings. The number of hydrogen-bond acceptors (Lipinski definition) is 2. The Balaban J connectivity index is 1.97. The van der Waals surface area contributed by atoms with Gasteiger partial charge in [-0.15, -0.1) is 0 Å². The second kappa shape index (κ2) is 6.37. The van der Waals surface area contributed by atoms with Gasteiger partial charge in [-0.05, 0) is 31.0 Å². The Morgan fingerprint density at radius 1 is 1.23 bits per heavy atom. The summed E-state index contributed by atoms with van der Waals surface area (Å²) in [5.41, 5.74) is -0.662. The quantitative estimate of drug-likeness (QED) is 0.912. The number of carbonyl (C=O) groups is 2. The maximum absolute atomic E-state index is 12.6. The molecule has 1 saturated heterocycles. The average molecular weight is 314 g/mol. The molecule has 0 aliphatic carbocycles. The van der Waals surface area contributed by atoms with Crippen LogP contribution in [-0.2, 0) is 15.8 Å². The fourth-order valence-electron chi connectivity index (χ4n) is 2.47. The number of piperidine rings is 1. The van der Waals surface area contributed by atoms with E-state index in [9.17, 15) is 22.8 Å². The monoisotopic (exact) mass is 314 g/mol. The van der Waals surface area contributed by atoms with Crippen LogP contribution < -0.4 is 5.32 Å². The summed E-state index contributed by atoms with van der Waals surface area (Å²) in [5, 5.41) is 2.53. The molecule has 0 saturated carbocycles. The van der Waals surface area contributed by atoms with Crippen molar-refractivity contribution < 1.29 is 22.8 Å². The van der Waals surface area contributed by atoms with Crippen molar-refractivity contribution in [3.63, 3.8) is 0 Å². The van der Waals surface area contributed by atoms with Gasteiger partial charge >= 0.3 is 6.18 Å². The molecule has 2 rings (SSSR count). The zero-order valence-corrected chi connectivity index (χ0v) is 12.1. The van der Waals surface area contributed by atoms with Crippen LogP contribution in [0.5, 0.6) is 0 Å². The Bertz CT molecular complexity index is 564. The van der Waals surface area contributed by atoms with E-state index in [1.165, 1.54) is 19.1 Å². The van der Waals surface area contributed by atoms with Crippen molar-refractivity contribution >= 4 is 17.5 Å². The number of carbonyl (C=O) groups excluding carboxylic acids is 2. The molecule has 0 spiro atoms. The summed E-state index contributed by atoms with van der Waals surface area (Å²) < 4.78 is 37.9. The van der Waals surface area contributed by atoms with Crippen LogP contribution in [0, 0.1) is 5.92 Å². The van der Waals surface area contributed by atoms with Gasteiger partial charge in [-0.3, -0.25) is 9.59 Å². The molecular weight excluding hydrogens is 297 g/mol. The average Bonchev–Trinajstić information content (AvgIpc) is 2.46. The van der Waals surface area contributed by atoms with Gasteiger partial charge in [0.25, 0.3) is 0 Å². The number of nitrogens with one attached hydrogen (secondary N) is 1. The summed E-state index contributed by atoms with van der Waals surface area (Å²) in [6.07, 6.45) is -3.40. The molecule has 1 N–H and O–H groups in total. The molecule has 0 radical (unpaired) electrons. The van der Waals surface area contributed by atoms with E-state index in [-0.39, 0.29) is 23.4 Å². The minimum Gasteiger partial charge on any atom is -0.343 e. The van der Waals surface area contributed by atoms with Gasteiger partial charge in [0.05, 0.1) is 5.56 Å². The Hall–Kier alpha value is -2.05. The summed E-state index contributed by atoms with van der Waals surface area (Å²) in [4.78, 5) is 25.0. The molecule has 1 aromatic rings. The largest absolute Gasteiger partial charge is 0.416 e. The third-order valence-electron chi connectivity index (χ3n) is 3.77. The number of hydrogen-bond donors (Lipinski definition) is 1. The Labute approximate surface area is 126 Å². The Kier molecular flexibility index (Phi) is 4.73. The van der Waals surface area contributed by atoms with Crippen molar-refractivity contribution in [3.8, 4) is 0 Å². The lowest BCUT2D eigenvalue weighted by Gasteiger charge is -2.30. The minimum atomic E-state index is -4.44. The van der Waals surface area contributed by atoms with Crippen molar-refractivity contribution in [1.29, 1.82) is 0 Å². The first kappa shape index (κ1) is 16.3. The molecule has 1 aliphatic heterocycles. The first-order chi connectivity index (χ1) is 10.3. The summed E-state index contributed by atoms with van der Waals surface area (Å²) in [7, 11) is 0. The van der Waals surface area contributed by atoms with Gasteiger partial charge in [0.1, 0.15) is 0 Å².